The number of aromatic nitrogens is 1. The lowest BCUT2D eigenvalue weighted by molar-refractivity contribution is 0.483. The molecule has 86 valence electrons. The van der Waals surface area contributed by atoms with Crippen molar-refractivity contribution >= 4 is 30.6 Å². The monoisotopic (exact) mass is 258 g/mol. The normalized spacial score (nSPS) is 8.50. The molecule has 3 nitrogen and oxygen atoms in total. The van der Waals surface area contributed by atoms with Gasteiger partial charge in [-0.15, -0.1) is 24.8 Å². The number of nitrogens with zero attached hydrogens (tertiary/aromatic N) is 1. The summed E-state index contributed by atoms with van der Waals surface area (Å²) < 4.78 is 5.52. The van der Waals surface area contributed by atoms with E-state index in [0.29, 0.717) is 11.6 Å². The van der Waals surface area contributed by atoms with E-state index in [4.69, 9.17) is 10.5 Å². The molecule has 0 spiro atoms. The van der Waals surface area contributed by atoms with E-state index >= 15 is 0 Å². The lowest BCUT2D eigenvalue weighted by Gasteiger charge is -2.06. The van der Waals surface area contributed by atoms with Gasteiger partial charge in [0.1, 0.15) is 5.75 Å². The Morgan fingerprint density at radius 1 is 0.938 bits per heavy atom. The number of hydrogen-bond donors (Lipinski definition) is 1. The van der Waals surface area contributed by atoms with E-state index in [-0.39, 0.29) is 24.8 Å². The first-order valence-electron chi connectivity index (χ1n) is 4.29. The van der Waals surface area contributed by atoms with Gasteiger partial charge in [0.25, 0.3) is 0 Å². The van der Waals surface area contributed by atoms with E-state index < -0.39 is 0 Å². The average molecular weight is 259 g/mol. The molecule has 0 saturated carbocycles. The number of nitrogen functional groups attached to an aromatic ring is 1. The van der Waals surface area contributed by atoms with Crippen LogP contribution in [0, 0.1) is 0 Å². The Kier molecular flexibility index (Phi) is 6.30. The van der Waals surface area contributed by atoms with Crippen LogP contribution in [0.4, 0.5) is 5.82 Å². The van der Waals surface area contributed by atoms with Crippen molar-refractivity contribution in [1.82, 2.24) is 4.98 Å². The Bertz CT molecular complexity index is 423. The summed E-state index contributed by atoms with van der Waals surface area (Å²) >= 11 is 0. The van der Waals surface area contributed by atoms with Gasteiger partial charge in [0.05, 0.1) is 0 Å². The molecule has 0 atom stereocenters. The summed E-state index contributed by atoms with van der Waals surface area (Å²) in [6.45, 7) is 0. The van der Waals surface area contributed by atoms with Crippen LogP contribution >= 0.6 is 24.8 Å². The van der Waals surface area contributed by atoms with Crippen molar-refractivity contribution in [2.45, 2.75) is 0 Å². The standard InChI is InChI=1S/C11H10N2O.2ClH/c12-11-10(7-4-8-13-11)14-9-5-2-1-3-6-9;;/h1-8H,(H2,12,13);2*1H. The van der Waals surface area contributed by atoms with Gasteiger partial charge >= 0.3 is 0 Å². The van der Waals surface area contributed by atoms with Gasteiger partial charge in [-0.1, -0.05) is 18.2 Å². The Balaban J connectivity index is 0.00000112. The smallest absolute Gasteiger partial charge is 0.169 e. The summed E-state index contributed by atoms with van der Waals surface area (Å²) in [6.07, 6.45) is 1.63. The summed E-state index contributed by atoms with van der Waals surface area (Å²) in [6, 6.07) is 13.0. The Hall–Kier alpha value is -1.45. The van der Waals surface area contributed by atoms with Crippen molar-refractivity contribution in [2.24, 2.45) is 0 Å². The number of para-hydroxylation sites is 1. The first-order chi connectivity index (χ1) is 6.86. The summed E-state index contributed by atoms with van der Waals surface area (Å²) in [5.41, 5.74) is 5.63. The third kappa shape index (κ3) is 3.61. The minimum atomic E-state index is 0. The zero-order valence-electron chi connectivity index (χ0n) is 8.37. The Labute approximate surface area is 106 Å². The van der Waals surface area contributed by atoms with Crippen LogP contribution in [0.1, 0.15) is 0 Å². The second-order valence-electron chi connectivity index (χ2n) is 2.80. The van der Waals surface area contributed by atoms with Crippen LogP contribution < -0.4 is 10.5 Å². The minimum absolute atomic E-state index is 0. The van der Waals surface area contributed by atoms with Crippen LogP contribution in [0.2, 0.25) is 0 Å². The number of nitrogens with two attached hydrogens (primary N) is 1. The number of pyridine rings is 1. The summed E-state index contributed by atoms with van der Waals surface area (Å²) in [4.78, 5) is 3.93. The maximum absolute atomic E-state index is 5.63. The van der Waals surface area contributed by atoms with Crippen LogP contribution in [-0.2, 0) is 0 Å². The molecule has 0 saturated heterocycles. The largest absolute Gasteiger partial charge is 0.453 e. The topological polar surface area (TPSA) is 48.1 Å². The van der Waals surface area contributed by atoms with Crippen LogP contribution in [0.25, 0.3) is 0 Å². The molecule has 0 unspecified atom stereocenters. The molecule has 0 amide bonds. The molecular formula is C11H12Cl2N2O. The van der Waals surface area contributed by atoms with Crippen LogP contribution in [0.5, 0.6) is 11.5 Å². The molecule has 0 fully saturated rings. The molecule has 2 rings (SSSR count). The van der Waals surface area contributed by atoms with Gasteiger partial charge in [0, 0.05) is 6.20 Å². The highest BCUT2D eigenvalue weighted by molar-refractivity contribution is 5.85. The fourth-order valence-corrected chi connectivity index (χ4v) is 1.10. The number of rotatable bonds is 2. The SMILES string of the molecule is Cl.Cl.Nc1ncccc1Oc1ccccc1. The fraction of sp³-hybridized carbons (Fsp3) is 0. The molecule has 5 heteroatoms. The Morgan fingerprint density at radius 2 is 1.62 bits per heavy atom. The van der Waals surface area contributed by atoms with Crippen LogP contribution in [0.3, 0.4) is 0 Å². The van der Waals surface area contributed by atoms with E-state index in [1.54, 1.807) is 18.3 Å². The minimum Gasteiger partial charge on any atom is -0.453 e. The number of benzene rings is 1. The number of hydrogen-bond acceptors (Lipinski definition) is 3. The number of anilines is 1. The Morgan fingerprint density at radius 3 is 2.25 bits per heavy atom. The maximum Gasteiger partial charge on any atom is 0.169 e. The average Bonchev–Trinajstić information content (AvgIpc) is 2.23. The van der Waals surface area contributed by atoms with E-state index in [0.717, 1.165) is 5.75 Å². The molecule has 0 aliphatic heterocycles. The number of halogens is 2. The summed E-state index contributed by atoms with van der Waals surface area (Å²) in [7, 11) is 0. The molecule has 16 heavy (non-hydrogen) atoms. The highest BCUT2D eigenvalue weighted by atomic mass is 35.5. The van der Waals surface area contributed by atoms with E-state index in [9.17, 15) is 0 Å². The molecule has 1 heterocycles. The van der Waals surface area contributed by atoms with E-state index in [2.05, 4.69) is 4.98 Å². The maximum atomic E-state index is 5.63. The van der Waals surface area contributed by atoms with E-state index in [1.807, 2.05) is 30.3 Å². The number of ether oxygens (including phenoxy) is 1. The van der Waals surface area contributed by atoms with Crippen molar-refractivity contribution in [3.63, 3.8) is 0 Å². The molecule has 2 aromatic rings. The highest BCUT2D eigenvalue weighted by Gasteiger charge is 2.00. The van der Waals surface area contributed by atoms with Gasteiger partial charge in [0.15, 0.2) is 11.6 Å². The summed E-state index contributed by atoms with van der Waals surface area (Å²) in [5.74, 6) is 1.74. The third-order valence-corrected chi connectivity index (χ3v) is 1.77. The highest BCUT2D eigenvalue weighted by Crippen LogP contribution is 2.24. The van der Waals surface area contributed by atoms with Crippen LogP contribution in [0.15, 0.2) is 48.7 Å². The van der Waals surface area contributed by atoms with Crippen molar-refractivity contribution in [2.75, 3.05) is 5.73 Å². The second-order valence-corrected chi connectivity index (χ2v) is 2.80. The van der Waals surface area contributed by atoms with E-state index in [1.165, 1.54) is 0 Å². The molecule has 1 aromatic carbocycles. The van der Waals surface area contributed by atoms with Crippen molar-refractivity contribution in [3.8, 4) is 11.5 Å². The van der Waals surface area contributed by atoms with Gasteiger partial charge in [-0.2, -0.15) is 0 Å². The van der Waals surface area contributed by atoms with Gasteiger partial charge < -0.3 is 10.5 Å². The van der Waals surface area contributed by atoms with Gasteiger partial charge in [-0.05, 0) is 24.3 Å². The first kappa shape index (κ1) is 14.6. The quantitative estimate of drug-likeness (QED) is 0.900. The molecule has 2 N–H and O–H groups in total. The van der Waals surface area contributed by atoms with Gasteiger partial charge in [-0.25, -0.2) is 4.98 Å². The lowest BCUT2D eigenvalue weighted by atomic mass is 10.3. The van der Waals surface area contributed by atoms with Crippen molar-refractivity contribution < 1.29 is 4.74 Å². The molecular weight excluding hydrogens is 247 g/mol. The molecule has 0 aliphatic rings. The third-order valence-electron chi connectivity index (χ3n) is 1.77. The first-order valence-corrected chi connectivity index (χ1v) is 4.29. The summed E-state index contributed by atoms with van der Waals surface area (Å²) in [5, 5.41) is 0. The van der Waals surface area contributed by atoms with Crippen molar-refractivity contribution in [3.05, 3.63) is 48.7 Å². The predicted octanol–water partition coefficient (Wildman–Crippen LogP) is 3.30. The van der Waals surface area contributed by atoms with Crippen LogP contribution in [-0.4, -0.2) is 4.98 Å². The van der Waals surface area contributed by atoms with Crippen molar-refractivity contribution in [1.29, 1.82) is 0 Å². The molecule has 0 bridgehead atoms. The molecule has 1 aromatic heterocycles. The zero-order valence-corrected chi connectivity index (χ0v) is 10.0. The van der Waals surface area contributed by atoms with Gasteiger partial charge in [0.2, 0.25) is 0 Å². The zero-order chi connectivity index (χ0) is 9.80. The predicted molar refractivity (Wildman–Crippen MR) is 69.7 cm³/mol. The molecule has 0 radical (unpaired) electrons. The van der Waals surface area contributed by atoms with Gasteiger partial charge in [-0.3, -0.25) is 0 Å². The molecule has 0 aliphatic carbocycles. The lowest BCUT2D eigenvalue weighted by Crippen LogP contribution is -1.93. The fourth-order valence-electron chi connectivity index (χ4n) is 1.10. The second kappa shape index (κ2) is 6.93.